The first-order valence-electron chi connectivity index (χ1n) is 6.46. The Morgan fingerprint density at radius 1 is 1.42 bits per heavy atom. The van der Waals surface area contributed by atoms with E-state index in [1.807, 2.05) is 6.92 Å². The quantitative estimate of drug-likeness (QED) is 0.776. The summed E-state index contributed by atoms with van der Waals surface area (Å²) in [4.78, 5) is 12.1. The third kappa shape index (κ3) is 3.80. The molecule has 0 amide bonds. The molecule has 0 saturated carbocycles. The van der Waals surface area contributed by atoms with Crippen LogP contribution in [0.4, 0.5) is 0 Å². The van der Waals surface area contributed by atoms with Crippen molar-refractivity contribution in [3.63, 3.8) is 0 Å². The Labute approximate surface area is 113 Å². The van der Waals surface area contributed by atoms with Gasteiger partial charge in [0, 0.05) is 12.0 Å². The molecule has 104 valence electrons. The number of carbonyl (C=O) groups excluding carboxylic acids is 1. The fourth-order valence-electron chi connectivity index (χ4n) is 2.34. The summed E-state index contributed by atoms with van der Waals surface area (Å²) in [6.45, 7) is 2.44. The predicted octanol–water partition coefficient (Wildman–Crippen LogP) is 2.09. The van der Waals surface area contributed by atoms with Crippen LogP contribution < -0.4 is 4.74 Å². The number of ketones is 1. The maximum absolute atomic E-state index is 12.1. The van der Waals surface area contributed by atoms with E-state index in [0.29, 0.717) is 30.8 Å². The third-order valence-corrected chi connectivity index (χ3v) is 5.10. The van der Waals surface area contributed by atoms with E-state index in [1.165, 1.54) is 0 Å². The average Bonchev–Trinajstić information content (AvgIpc) is 2.69. The van der Waals surface area contributed by atoms with Gasteiger partial charge in [0.2, 0.25) is 0 Å². The molecule has 0 N–H and O–H groups in total. The van der Waals surface area contributed by atoms with E-state index >= 15 is 0 Å². The van der Waals surface area contributed by atoms with Gasteiger partial charge in [-0.2, -0.15) is 0 Å². The van der Waals surface area contributed by atoms with Crippen molar-refractivity contribution >= 4 is 15.6 Å². The van der Waals surface area contributed by atoms with E-state index in [-0.39, 0.29) is 23.2 Å². The van der Waals surface area contributed by atoms with Crippen molar-refractivity contribution < 1.29 is 17.9 Å². The zero-order chi connectivity index (χ0) is 13.9. The van der Waals surface area contributed by atoms with Crippen LogP contribution in [0.25, 0.3) is 0 Å². The van der Waals surface area contributed by atoms with Gasteiger partial charge in [0.1, 0.15) is 5.75 Å². The first-order valence-corrected chi connectivity index (χ1v) is 8.29. The molecule has 1 heterocycles. The summed E-state index contributed by atoms with van der Waals surface area (Å²) in [5, 5.41) is 0. The summed E-state index contributed by atoms with van der Waals surface area (Å²) < 4.78 is 28.1. The van der Waals surface area contributed by atoms with Gasteiger partial charge in [-0.15, -0.1) is 0 Å². The molecule has 1 aromatic carbocycles. The van der Waals surface area contributed by atoms with E-state index in [4.69, 9.17) is 4.74 Å². The highest BCUT2D eigenvalue weighted by Crippen LogP contribution is 2.24. The number of hydrogen-bond donors (Lipinski definition) is 0. The molecule has 1 saturated heterocycles. The predicted molar refractivity (Wildman–Crippen MR) is 73.3 cm³/mol. The molecule has 2 rings (SSSR count). The van der Waals surface area contributed by atoms with Crippen LogP contribution in [0.1, 0.15) is 30.1 Å². The van der Waals surface area contributed by atoms with Gasteiger partial charge in [0.15, 0.2) is 15.6 Å². The number of ether oxygens (including phenoxy) is 1. The number of benzene rings is 1. The highest BCUT2D eigenvalue weighted by Gasteiger charge is 2.29. The first kappa shape index (κ1) is 14.1. The van der Waals surface area contributed by atoms with Crippen LogP contribution in [-0.2, 0) is 9.84 Å². The van der Waals surface area contributed by atoms with Gasteiger partial charge in [-0.3, -0.25) is 4.79 Å². The van der Waals surface area contributed by atoms with Crippen molar-refractivity contribution in [1.29, 1.82) is 0 Å². The Morgan fingerprint density at radius 2 is 2.21 bits per heavy atom. The van der Waals surface area contributed by atoms with Crippen LogP contribution in [0.15, 0.2) is 24.3 Å². The molecule has 1 aliphatic rings. The molecule has 0 radical (unpaired) electrons. The number of rotatable bonds is 5. The lowest BCUT2D eigenvalue weighted by Crippen LogP contribution is -2.10. The van der Waals surface area contributed by atoms with Crippen LogP contribution in [0.2, 0.25) is 0 Å². The van der Waals surface area contributed by atoms with Gasteiger partial charge < -0.3 is 4.74 Å². The fraction of sp³-hybridized carbons (Fsp3) is 0.500. The summed E-state index contributed by atoms with van der Waals surface area (Å²) >= 11 is 0. The minimum atomic E-state index is -2.92. The first-order chi connectivity index (χ1) is 9.00. The second kappa shape index (κ2) is 5.74. The van der Waals surface area contributed by atoms with Crippen LogP contribution in [0.3, 0.4) is 0 Å². The number of hydrogen-bond acceptors (Lipinski definition) is 4. The van der Waals surface area contributed by atoms with Crippen LogP contribution in [0.5, 0.6) is 5.75 Å². The van der Waals surface area contributed by atoms with Gasteiger partial charge >= 0.3 is 0 Å². The normalized spacial score (nSPS) is 21.2. The largest absolute Gasteiger partial charge is 0.494 e. The summed E-state index contributed by atoms with van der Waals surface area (Å²) in [6, 6.07) is 7.05. The van der Waals surface area contributed by atoms with E-state index in [9.17, 15) is 13.2 Å². The molecule has 0 aromatic heterocycles. The highest BCUT2D eigenvalue weighted by molar-refractivity contribution is 7.91. The zero-order valence-electron chi connectivity index (χ0n) is 11.0. The zero-order valence-corrected chi connectivity index (χ0v) is 11.8. The molecule has 4 nitrogen and oxygen atoms in total. The standard InChI is InChI=1S/C14H18O4S/c1-2-18-13-5-3-4-12(9-13)14(15)8-11-6-7-19(16,17)10-11/h3-5,9,11H,2,6-8,10H2,1H3. The van der Waals surface area contributed by atoms with Crippen molar-refractivity contribution in [2.75, 3.05) is 18.1 Å². The Morgan fingerprint density at radius 3 is 2.84 bits per heavy atom. The molecule has 1 fully saturated rings. The average molecular weight is 282 g/mol. The van der Waals surface area contributed by atoms with Crippen molar-refractivity contribution in [2.24, 2.45) is 5.92 Å². The molecular formula is C14H18O4S. The fourth-order valence-corrected chi connectivity index (χ4v) is 4.20. The second-order valence-electron chi connectivity index (χ2n) is 4.86. The highest BCUT2D eigenvalue weighted by atomic mass is 32.2. The summed E-state index contributed by atoms with van der Waals surface area (Å²) in [7, 11) is -2.92. The summed E-state index contributed by atoms with van der Waals surface area (Å²) in [5.74, 6) is 0.984. The maximum Gasteiger partial charge on any atom is 0.163 e. The van der Waals surface area contributed by atoms with Gasteiger partial charge in [-0.05, 0) is 31.4 Å². The SMILES string of the molecule is CCOc1cccc(C(=O)CC2CCS(=O)(=O)C2)c1. The monoisotopic (exact) mass is 282 g/mol. The van der Waals surface area contributed by atoms with Gasteiger partial charge in [-0.25, -0.2) is 8.42 Å². The van der Waals surface area contributed by atoms with Crippen molar-refractivity contribution in [2.45, 2.75) is 19.8 Å². The van der Waals surface area contributed by atoms with Crippen LogP contribution >= 0.6 is 0 Å². The van der Waals surface area contributed by atoms with Crippen LogP contribution in [0, 0.1) is 5.92 Å². The molecule has 0 bridgehead atoms. The minimum absolute atomic E-state index is 0.0105. The van der Waals surface area contributed by atoms with Crippen molar-refractivity contribution in [3.05, 3.63) is 29.8 Å². The molecule has 0 aliphatic carbocycles. The third-order valence-electron chi connectivity index (χ3n) is 3.27. The van der Waals surface area contributed by atoms with Crippen LogP contribution in [-0.4, -0.2) is 32.3 Å². The lowest BCUT2D eigenvalue weighted by atomic mass is 9.98. The van der Waals surface area contributed by atoms with Gasteiger partial charge in [0.05, 0.1) is 18.1 Å². The summed E-state index contributed by atoms with van der Waals surface area (Å²) in [5.41, 5.74) is 0.593. The van der Waals surface area contributed by atoms with E-state index in [0.717, 1.165) is 0 Å². The molecule has 0 spiro atoms. The molecule has 1 aromatic rings. The summed E-state index contributed by atoms with van der Waals surface area (Å²) in [6.07, 6.45) is 0.897. The van der Waals surface area contributed by atoms with E-state index < -0.39 is 9.84 Å². The van der Waals surface area contributed by atoms with E-state index in [2.05, 4.69) is 0 Å². The van der Waals surface area contributed by atoms with Crippen molar-refractivity contribution in [1.82, 2.24) is 0 Å². The Kier molecular flexibility index (Phi) is 4.24. The molecule has 19 heavy (non-hydrogen) atoms. The lowest BCUT2D eigenvalue weighted by molar-refractivity contribution is 0.0965. The van der Waals surface area contributed by atoms with E-state index in [1.54, 1.807) is 24.3 Å². The Bertz CT molecular complexity index is 563. The Balaban J connectivity index is 2.02. The molecule has 1 unspecified atom stereocenters. The molecular weight excluding hydrogens is 264 g/mol. The second-order valence-corrected chi connectivity index (χ2v) is 7.09. The molecule has 1 aliphatic heterocycles. The number of sulfone groups is 1. The van der Waals surface area contributed by atoms with Gasteiger partial charge in [-0.1, -0.05) is 12.1 Å². The number of carbonyl (C=O) groups is 1. The molecule has 5 heteroatoms. The minimum Gasteiger partial charge on any atom is -0.494 e. The molecule has 1 atom stereocenters. The topological polar surface area (TPSA) is 60.4 Å². The van der Waals surface area contributed by atoms with Crippen molar-refractivity contribution in [3.8, 4) is 5.75 Å². The Hall–Kier alpha value is -1.36. The number of Topliss-reactive ketones (excluding diaryl/α,β-unsaturated/α-hetero) is 1. The van der Waals surface area contributed by atoms with Gasteiger partial charge in [0.25, 0.3) is 0 Å². The maximum atomic E-state index is 12.1. The smallest absolute Gasteiger partial charge is 0.163 e. The lowest BCUT2D eigenvalue weighted by Gasteiger charge is -2.08.